The molecule has 4 rings (SSSR count). The second-order valence-electron chi connectivity index (χ2n) is 7.31. The van der Waals surface area contributed by atoms with E-state index >= 15 is 0 Å². The van der Waals surface area contributed by atoms with E-state index in [9.17, 15) is 14.4 Å². The molecule has 29 heavy (non-hydrogen) atoms. The molecule has 1 atom stereocenters. The Bertz CT molecular complexity index is 1010. The zero-order valence-corrected chi connectivity index (χ0v) is 18.2. The van der Waals surface area contributed by atoms with Crippen LogP contribution in [0, 0.1) is 6.92 Å². The van der Waals surface area contributed by atoms with Gasteiger partial charge in [0.05, 0.1) is 21.2 Å². The average Bonchev–Trinajstić information content (AvgIpc) is 3.20. The third-order valence-corrected chi connectivity index (χ3v) is 7.78. The highest BCUT2D eigenvalue weighted by atomic mass is 32.2. The number of anilines is 2. The van der Waals surface area contributed by atoms with Gasteiger partial charge in [0.25, 0.3) is 5.91 Å². The van der Waals surface area contributed by atoms with E-state index in [4.69, 9.17) is 0 Å². The second-order valence-corrected chi connectivity index (χ2v) is 9.39. The molecule has 152 valence electrons. The van der Waals surface area contributed by atoms with E-state index in [2.05, 4.69) is 10.3 Å². The molecule has 0 spiro atoms. The molecule has 1 aromatic heterocycles. The highest BCUT2D eigenvalue weighted by Gasteiger charge is 2.52. The fourth-order valence-electron chi connectivity index (χ4n) is 4.06. The van der Waals surface area contributed by atoms with E-state index in [0.29, 0.717) is 29.2 Å². The molecule has 0 radical (unpaired) electrons. The predicted octanol–water partition coefficient (Wildman–Crippen LogP) is 3.50. The van der Waals surface area contributed by atoms with Gasteiger partial charge in [0.1, 0.15) is 5.66 Å². The number of carbonyl (C=O) groups is 3. The highest BCUT2D eigenvalue weighted by Crippen LogP contribution is 2.44. The van der Waals surface area contributed by atoms with Crippen molar-refractivity contribution >= 4 is 51.6 Å². The number of aromatic nitrogens is 1. The molecule has 1 fully saturated rings. The van der Waals surface area contributed by atoms with E-state index in [1.54, 1.807) is 33.7 Å². The lowest BCUT2D eigenvalue weighted by atomic mass is 9.98. The monoisotopic (exact) mass is 430 g/mol. The van der Waals surface area contributed by atoms with Crippen LogP contribution in [0.25, 0.3) is 0 Å². The molecule has 0 aliphatic carbocycles. The second kappa shape index (κ2) is 7.46. The third-order valence-electron chi connectivity index (χ3n) is 5.49. The fraction of sp³-hybridized carbons (Fsp3) is 0.400. The Morgan fingerprint density at radius 1 is 1.34 bits per heavy atom. The summed E-state index contributed by atoms with van der Waals surface area (Å²) in [5, 5.41) is 3.39. The highest BCUT2D eigenvalue weighted by molar-refractivity contribution is 8.00. The van der Waals surface area contributed by atoms with Crippen LogP contribution in [0.3, 0.4) is 0 Å². The average molecular weight is 431 g/mol. The number of fused-ring (bicyclic) bond motifs is 3. The molecule has 0 saturated carbocycles. The van der Waals surface area contributed by atoms with Crippen LogP contribution in [0.2, 0.25) is 0 Å². The minimum atomic E-state index is -0.743. The van der Waals surface area contributed by atoms with Gasteiger partial charge in [-0.05, 0) is 38.7 Å². The van der Waals surface area contributed by atoms with Crippen molar-refractivity contribution in [3.63, 3.8) is 0 Å². The zero-order chi connectivity index (χ0) is 20.8. The number of aryl methyl sites for hydroxylation is 1. The standard InChI is InChI=1S/C20H22N4O3S2/c1-12-18(28-3)29-19(21-12)22-15(25)9-11-23-17(27)13-6-4-5-7-14(13)24-16(26)8-10-20(23,24)2/h4-7H,8-11H2,1-3H3,(H,21,22,25)/t20-/m0/s1. The largest absolute Gasteiger partial charge is 0.315 e. The molecule has 1 N–H and O–H groups in total. The normalized spacial score (nSPS) is 20.7. The lowest BCUT2D eigenvalue weighted by Gasteiger charge is -2.48. The molecule has 1 saturated heterocycles. The van der Waals surface area contributed by atoms with Crippen molar-refractivity contribution in [3.05, 3.63) is 35.5 Å². The first-order valence-corrected chi connectivity index (χ1v) is 11.4. The Morgan fingerprint density at radius 3 is 2.83 bits per heavy atom. The first-order valence-electron chi connectivity index (χ1n) is 9.40. The van der Waals surface area contributed by atoms with Gasteiger partial charge in [-0.15, -0.1) is 11.8 Å². The van der Waals surface area contributed by atoms with Crippen LogP contribution in [0.1, 0.15) is 42.2 Å². The van der Waals surface area contributed by atoms with Crippen molar-refractivity contribution in [2.24, 2.45) is 0 Å². The molecule has 2 aromatic rings. The number of thioether (sulfide) groups is 1. The number of benzene rings is 1. The summed E-state index contributed by atoms with van der Waals surface area (Å²) in [5.41, 5.74) is 1.31. The van der Waals surface area contributed by atoms with E-state index in [1.807, 2.05) is 32.2 Å². The smallest absolute Gasteiger partial charge is 0.257 e. The first kappa shape index (κ1) is 19.9. The number of para-hydroxylation sites is 1. The number of thiazole rings is 1. The lowest BCUT2D eigenvalue weighted by molar-refractivity contribution is -0.117. The van der Waals surface area contributed by atoms with E-state index in [-0.39, 0.29) is 30.7 Å². The maximum absolute atomic E-state index is 13.2. The third kappa shape index (κ3) is 3.32. The van der Waals surface area contributed by atoms with Gasteiger partial charge in [0.15, 0.2) is 5.13 Å². The summed E-state index contributed by atoms with van der Waals surface area (Å²) in [6.45, 7) is 4.05. The van der Waals surface area contributed by atoms with Gasteiger partial charge in [-0.1, -0.05) is 23.5 Å². The van der Waals surface area contributed by atoms with Gasteiger partial charge in [-0.25, -0.2) is 4.98 Å². The summed E-state index contributed by atoms with van der Waals surface area (Å²) in [5.74, 6) is -0.334. The number of carbonyl (C=O) groups excluding carboxylic acids is 3. The quantitative estimate of drug-likeness (QED) is 0.734. The molecule has 0 bridgehead atoms. The van der Waals surface area contributed by atoms with Gasteiger partial charge < -0.3 is 10.2 Å². The molecule has 7 nitrogen and oxygen atoms in total. The summed E-state index contributed by atoms with van der Waals surface area (Å²) in [6.07, 6.45) is 3.05. The minimum absolute atomic E-state index is 0.00440. The summed E-state index contributed by atoms with van der Waals surface area (Å²) in [6, 6.07) is 7.17. The maximum Gasteiger partial charge on any atom is 0.257 e. The molecule has 9 heteroatoms. The summed E-state index contributed by atoms with van der Waals surface area (Å²) < 4.78 is 1.07. The van der Waals surface area contributed by atoms with Crippen LogP contribution in [0.4, 0.5) is 10.8 Å². The molecule has 2 aliphatic rings. The number of nitrogens with zero attached hydrogens (tertiary/aromatic N) is 3. The number of rotatable bonds is 5. The van der Waals surface area contributed by atoms with Gasteiger partial charge in [-0.3, -0.25) is 19.3 Å². The summed E-state index contributed by atoms with van der Waals surface area (Å²) in [4.78, 5) is 46.0. The van der Waals surface area contributed by atoms with Crippen LogP contribution in [0.15, 0.2) is 28.5 Å². The predicted molar refractivity (Wildman–Crippen MR) is 114 cm³/mol. The Hall–Kier alpha value is -2.39. The number of hydrogen-bond acceptors (Lipinski definition) is 6. The Labute approximate surface area is 177 Å². The van der Waals surface area contributed by atoms with Crippen molar-refractivity contribution in [1.82, 2.24) is 9.88 Å². The molecule has 0 unspecified atom stereocenters. The van der Waals surface area contributed by atoms with Crippen LogP contribution in [-0.2, 0) is 9.59 Å². The van der Waals surface area contributed by atoms with E-state index in [1.165, 1.54) is 11.3 Å². The van der Waals surface area contributed by atoms with Gasteiger partial charge in [-0.2, -0.15) is 0 Å². The number of nitrogens with one attached hydrogen (secondary N) is 1. The first-order chi connectivity index (χ1) is 13.8. The Kier molecular flexibility index (Phi) is 5.12. The number of amides is 3. The van der Waals surface area contributed by atoms with Gasteiger partial charge in [0, 0.05) is 19.4 Å². The van der Waals surface area contributed by atoms with Gasteiger partial charge >= 0.3 is 0 Å². The zero-order valence-electron chi connectivity index (χ0n) is 16.5. The SMILES string of the molecule is CSc1sc(NC(=O)CCN2C(=O)c3ccccc3N3C(=O)CC[C@@]23C)nc1C. The molecular weight excluding hydrogens is 408 g/mol. The van der Waals surface area contributed by atoms with Crippen molar-refractivity contribution in [3.8, 4) is 0 Å². The van der Waals surface area contributed by atoms with Crippen LogP contribution in [0.5, 0.6) is 0 Å². The maximum atomic E-state index is 13.2. The van der Waals surface area contributed by atoms with Crippen molar-refractivity contribution < 1.29 is 14.4 Å². The molecule has 3 heterocycles. The minimum Gasteiger partial charge on any atom is -0.315 e. The summed E-state index contributed by atoms with van der Waals surface area (Å²) in [7, 11) is 0. The topological polar surface area (TPSA) is 82.6 Å². The molecule has 2 aliphatic heterocycles. The summed E-state index contributed by atoms with van der Waals surface area (Å²) >= 11 is 3.04. The van der Waals surface area contributed by atoms with Crippen molar-refractivity contribution in [2.75, 3.05) is 23.0 Å². The number of hydrogen-bond donors (Lipinski definition) is 1. The van der Waals surface area contributed by atoms with E-state index < -0.39 is 5.66 Å². The van der Waals surface area contributed by atoms with Gasteiger partial charge in [0.2, 0.25) is 11.8 Å². The van der Waals surface area contributed by atoms with Crippen LogP contribution < -0.4 is 10.2 Å². The van der Waals surface area contributed by atoms with Crippen LogP contribution >= 0.6 is 23.1 Å². The van der Waals surface area contributed by atoms with Crippen molar-refractivity contribution in [2.45, 2.75) is 43.0 Å². The van der Waals surface area contributed by atoms with Crippen LogP contribution in [-0.4, -0.2) is 46.1 Å². The van der Waals surface area contributed by atoms with E-state index in [0.717, 1.165) is 9.90 Å². The molecule has 3 amide bonds. The Morgan fingerprint density at radius 2 is 2.10 bits per heavy atom. The Balaban J connectivity index is 1.53. The molecule has 1 aromatic carbocycles. The van der Waals surface area contributed by atoms with Crippen molar-refractivity contribution in [1.29, 1.82) is 0 Å². The lowest BCUT2D eigenvalue weighted by Crippen LogP contribution is -2.62. The fourth-order valence-corrected chi connectivity index (χ4v) is 5.69. The molecular formula is C20H22N4O3S2.